The molecule has 1 atom stereocenters. The van der Waals surface area contributed by atoms with Gasteiger partial charge in [0.25, 0.3) is 0 Å². The lowest BCUT2D eigenvalue weighted by Gasteiger charge is -2.15. The normalized spacial score (nSPS) is 12.9. The molecule has 3 rings (SSSR count). The fraction of sp³-hybridized carbons (Fsp3) is 0.312. The summed E-state index contributed by atoms with van der Waals surface area (Å²) in [6, 6.07) is 8.42. The number of likely N-dealkylation sites (N-methyl/N-ethyl adjacent to an activating group) is 1. The number of thiazole rings is 1. The second kappa shape index (κ2) is 5.77. The van der Waals surface area contributed by atoms with E-state index in [9.17, 15) is 0 Å². The van der Waals surface area contributed by atoms with Crippen LogP contribution in [0.25, 0.3) is 11.0 Å². The molecule has 2 aromatic heterocycles. The zero-order valence-corrected chi connectivity index (χ0v) is 12.5. The van der Waals surface area contributed by atoms with Crippen LogP contribution in [0.5, 0.6) is 0 Å². The highest BCUT2D eigenvalue weighted by Gasteiger charge is 2.17. The van der Waals surface area contributed by atoms with Crippen molar-refractivity contribution in [3.05, 3.63) is 52.2 Å². The van der Waals surface area contributed by atoms with Crippen LogP contribution in [-0.2, 0) is 6.42 Å². The molecule has 0 spiro atoms. The Morgan fingerprint density at radius 1 is 1.35 bits per heavy atom. The Hall–Kier alpha value is -1.65. The van der Waals surface area contributed by atoms with Gasteiger partial charge in [0.2, 0.25) is 0 Å². The Bertz CT molecular complexity index is 701. The Balaban J connectivity index is 1.93. The highest BCUT2D eigenvalue weighted by Crippen LogP contribution is 2.28. The van der Waals surface area contributed by atoms with E-state index in [0.717, 1.165) is 29.3 Å². The van der Waals surface area contributed by atoms with Crippen LogP contribution in [0.3, 0.4) is 0 Å². The van der Waals surface area contributed by atoms with E-state index in [2.05, 4.69) is 34.7 Å². The van der Waals surface area contributed by atoms with Crippen LogP contribution < -0.4 is 5.32 Å². The van der Waals surface area contributed by atoms with Gasteiger partial charge in [0.05, 0.1) is 17.0 Å². The smallest absolute Gasteiger partial charge is 0.134 e. The molecule has 1 unspecified atom stereocenters. The Morgan fingerprint density at radius 3 is 2.95 bits per heavy atom. The monoisotopic (exact) mass is 286 g/mol. The van der Waals surface area contributed by atoms with E-state index in [1.807, 2.05) is 25.3 Å². The molecule has 4 heteroatoms. The number of para-hydroxylation sites is 1. The number of nitrogens with one attached hydrogen (secondary N) is 1. The molecule has 0 aliphatic heterocycles. The van der Waals surface area contributed by atoms with Gasteiger partial charge in [-0.25, -0.2) is 4.98 Å². The van der Waals surface area contributed by atoms with Crippen molar-refractivity contribution >= 4 is 22.3 Å². The molecule has 0 aliphatic carbocycles. The Labute approximate surface area is 122 Å². The average Bonchev–Trinajstić information content (AvgIpc) is 3.04. The molecule has 0 bridgehead atoms. The maximum absolute atomic E-state index is 5.66. The molecule has 104 valence electrons. The number of aromatic nitrogens is 1. The number of hydrogen-bond acceptors (Lipinski definition) is 4. The highest BCUT2D eigenvalue weighted by atomic mass is 32.1. The minimum atomic E-state index is 0.241. The summed E-state index contributed by atoms with van der Waals surface area (Å²) in [5.74, 6) is 0. The van der Waals surface area contributed by atoms with Gasteiger partial charge < -0.3 is 9.73 Å². The van der Waals surface area contributed by atoms with Gasteiger partial charge >= 0.3 is 0 Å². The van der Waals surface area contributed by atoms with Crippen LogP contribution in [0, 0.1) is 6.92 Å². The lowest BCUT2D eigenvalue weighted by atomic mass is 10.0. The van der Waals surface area contributed by atoms with Crippen molar-refractivity contribution in [3.63, 3.8) is 0 Å². The molecule has 3 aromatic rings. The molecular weight excluding hydrogens is 268 g/mol. The van der Waals surface area contributed by atoms with Gasteiger partial charge in [-0.15, -0.1) is 11.3 Å². The van der Waals surface area contributed by atoms with Gasteiger partial charge in [-0.3, -0.25) is 0 Å². The van der Waals surface area contributed by atoms with Gasteiger partial charge in [0.15, 0.2) is 0 Å². The first-order chi connectivity index (χ1) is 9.78. The SMILES string of the molecule is CCNC(Cc1csc(C)n1)c1coc2ccccc12. The molecular formula is C16H18N2OS. The summed E-state index contributed by atoms with van der Waals surface area (Å²) in [5, 5.41) is 7.98. The second-order valence-corrected chi connectivity index (χ2v) is 5.92. The van der Waals surface area contributed by atoms with Gasteiger partial charge in [-0.2, -0.15) is 0 Å². The second-order valence-electron chi connectivity index (χ2n) is 4.86. The molecule has 1 aromatic carbocycles. The minimum Gasteiger partial charge on any atom is -0.464 e. The third-order valence-electron chi connectivity index (χ3n) is 3.42. The Morgan fingerprint density at radius 2 is 2.20 bits per heavy atom. The van der Waals surface area contributed by atoms with Crippen molar-refractivity contribution in [2.24, 2.45) is 0 Å². The third-order valence-corrected chi connectivity index (χ3v) is 4.24. The lowest BCUT2D eigenvalue weighted by molar-refractivity contribution is 0.531. The van der Waals surface area contributed by atoms with Gasteiger partial charge in [0.1, 0.15) is 5.58 Å². The van der Waals surface area contributed by atoms with E-state index in [-0.39, 0.29) is 6.04 Å². The summed E-state index contributed by atoms with van der Waals surface area (Å²) in [5.41, 5.74) is 3.30. The molecule has 1 N–H and O–H groups in total. The van der Waals surface area contributed by atoms with Crippen molar-refractivity contribution in [2.45, 2.75) is 26.3 Å². The molecule has 0 aliphatic rings. The number of benzene rings is 1. The van der Waals surface area contributed by atoms with E-state index in [1.165, 1.54) is 10.9 Å². The van der Waals surface area contributed by atoms with Crippen molar-refractivity contribution in [2.75, 3.05) is 6.54 Å². The summed E-state index contributed by atoms with van der Waals surface area (Å²) in [7, 11) is 0. The van der Waals surface area contributed by atoms with Crippen LogP contribution in [0.15, 0.2) is 40.3 Å². The number of fused-ring (bicyclic) bond motifs is 1. The molecule has 0 fully saturated rings. The fourth-order valence-corrected chi connectivity index (χ4v) is 3.14. The zero-order chi connectivity index (χ0) is 13.9. The molecule has 2 heterocycles. The zero-order valence-electron chi connectivity index (χ0n) is 11.7. The van der Waals surface area contributed by atoms with Gasteiger partial charge in [-0.1, -0.05) is 25.1 Å². The van der Waals surface area contributed by atoms with Gasteiger partial charge in [0, 0.05) is 28.8 Å². The van der Waals surface area contributed by atoms with Crippen LogP contribution >= 0.6 is 11.3 Å². The summed E-state index contributed by atoms with van der Waals surface area (Å²) in [6.07, 6.45) is 2.76. The maximum atomic E-state index is 5.66. The largest absolute Gasteiger partial charge is 0.464 e. The van der Waals surface area contributed by atoms with Crippen LogP contribution in [-0.4, -0.2) is 11.5 Å². The first-order valence-corrected chi connectivity index (χ1v) is 7.76. The van der Waals surface area contributed by atoms with Crippen molar-refractivity contribution in [1.82, 2.24) is 10.3 Å². The van der Waals surface area contributed by atoms with E-state index in [1.54, 1.807) is 11.3 Å². The van der Waals surface area contributed by atoms with E-state index in [0.29, 0.717) is 0 Å². The average molecular weight is 286 g/mol. The summed E-state index contributed by atoms with van der Waals surface area (Å²) in [6.45, 7) is 5.10. The molecule has 3 nitrogen and oxygen atoms in total. The van der Waals surface area contributed by atoms with Crippen LogP contribution in [0.1, 0.15) is 29.2 Å². The summed E-state index contributed by atoms with van der Waals surface area (Å²) < 4.78 is 5.66. The number of hydrogen-bond donors (Lipinski definition) is 1. The first kappa shape index (κ1) is 13.3. The summed E-state index contributed by atoms with van der Waals surface area (Å²) in [4.78, 5) is 4.57. The van der Waals surface area contributed by atoms with E-state index in [4.69, 9.17) is 4.42 Å². The van der Waals surface area contributed by atoms with Crippen molar-refractivity contribution in [3.8, 4) is 0 Å². The molecule has 0 amide bonds. The number of nitrogens with zero attached hydrogens (tertiary/aromatic N) is 1. The predicted molar refractivity (Wildman–Crippen MR) is 83.2 cm³/mol. The number of aryl methyl sites for hydroxylation is 1. The minimum absolute atomic E-state index is 0.241. The standard InChI is InChI=1S/C16H18N2OS/c1-3-17-15(8-12-10-20-11(2)18-12)14-9-19-16-7-5-4-6-13(14)16/h4-7,9-10,15,17H,3,8H2,1-2H3. The summed E-state index contributed by atoms with van der Waals surface area (Å²) >= 11 is 1.70. The lowest BCUT2D eigenvalue weighted by Crippen LogP contribution is -2.22. The molecule has 0 saturated carbocycles. The van der Waals surface area contributed by atoms with Crippen molar-refractivity contribution < 1.29 is 4.42 Å². The first-order valence-electron chi connectivity index (χ1n) is 6.88. The van der Waals surface area contributed by atoms with Crippen molar-refractivity contribution in [1.29, 1.82) is 0 Å². The Kier molecular flexibility index (Phi) is 3.85. The van der Waals surface area contributed by atoms with Crippen LogP contribution in [0.4, 0.5) is 0 Å². The quantitative estimate of drug-likeness (QED) is 0.767. The maximum Gasteiger partial charge on any atom is 0.134 e. The highest BCUT2D eigenvalue weighted by molar-refractivity contribution is 7.09. The number of furan rings is 1. The number of rotatable bonds is 5. The topological polar surface area (TPSA) is 38.1 Å². The molecule has 0 saturated heterocycles. The van der Waals surface area contributed by atoms with Gasteiger partial charge in [-0.05, 0) is 19.5 Å². The van der Waals surface area contributed by atoms with E-state index >= 15 is 0 Å². The fourth-order valence-electron chi connectivity index (χ4n) is 2.52. The van der Waals surface area contributed by atoms with E-state index < -0.39 is 0 Å². The third kappa shape index (κ3) is 2.62. The van der Waals surface area contributed by atoms with Crippen LogP contribution in [0.2, 0.25) is 0 Å². The predicted octanol–water partition coefficient (Wildman–Crippen LogP) is 4.09. The molecule has 0 radical (unpaired) electrons. The molecule has 20 heavy (non-hydrogen) atoms.